The largest absolute Gasteiger partial charge is 0.354 e. The van der Waals surface area contributed by atoms with E-state index in [9.17, 15) is 4.39 Å². The lowest BCUT2D eigenvalue weighted by atomic mass is 10.1. The molecule has 0 aliphatic carbocycles. The van der Waals surface area contributed by atoms with Crippen LogP contribution in [0.15, 0.2) is 23.2 Å². The summed E-state index contributed by atoms with van der Waals surface area (Å²) in [4.78, 5) is 4.15. The van der Waals surface area contributed by atoms with E-state index >= 15 is 0 Å². The molecule has 0 spiro atoms. The Kier molecular flexibility index (Phi) is 11.4. The van der Waals surface area contributed by atoms with Crippen LogP contribution in [0, 0.1) is 17.1 Å². The van der Waals surface area contributed by atoms with Crippen LogP contribution < -0.4 is 10.6 Å². The van der Waals surface area contributed by atoms with Gasteiger partial charge in [-0.1, -0.05) is 26.2 Å². The van der Waals surface area contributed by atoms with Crippen LogP contribution in [0.5, 0.6) is 0 Å². The first kappa shape index (κ1) is 21.6. The predicted octanol–water partition coefficient (Wildman–Crippen LogP) is 3.95. The van der Waals surface area contributed by atoms with Gasteiger partial charge in [0.2, 0.25) is 0 Å². The van der Waals surface area contributed by atoms with Gasteiger partial charge in [-0.3, -0.25) is 4.99 Å². The number of nitrogens with one attached hydrogen (secondary N) is 2. The maximum Gasteiger partial charge on any atom is 0.191 e. The minimum absolute atomic E-state index is 0. The molecule has 1 unspecified atom stereocenters. The number of rotatable bonds is 7. The van der Waals surface area contributed by atoms with Crippen LogP contribution in [0.2, 0.25) is 0 Å². The zero-order valence-corrected chi connectivity index (χ0v) is 16.4. The third-order valence-electron chi connectivity index (χ3n) is 3.47. The van der Waals surface area contributed by atoms with Crippen LogP contribution in [-0.4, -0.2) is 19.0 Å². The Labute approximate surface area is 155 Å². The summed E-state index contributed by atoms with van der Waals surface area (Å²) in [5.74, 6) is 0.323. The first-order valence-electron chi connectivity index (χ1n) is 7.76. The molecule has 0 saturated carbocycles. The monoisotopic (exact) mass is 432 g/mol. The van der Waals surface area contributed by atoms with Gasteiger partial charge in [0.05, 0.1) is 11.6 Å². The van der Waals surface area contributed by atoms with Crippen molar-refractivity contribution in [2.24, 2.45) is 4.99 Å². The Hall–Kier alpha value is -1.36. The normalized spacial score (nSPS) is 12.0. The molecular formula is C17H26FIN4. The summed E-state index contributed by atoms with van der Waals surface area (Å²) in [7, 11) is 1.69. The van der Waals surface area contributed by atoms with Crippen LogP contribution in [0.1, 0.15) is 50.7 Å². The third-order valence-corrected chi connectivity index (χ3v) is 3.47. The molecule has 128 valence electrons. The van der Waals surface area contributed by atoms with E-state index < -0.39 is 0 Å². The fraction of sp³-hybridized carbons (Fsp3) is 0.529. The molecule has 1 atom stereocenters. The molecule has 4 nitrogen and oxygen atoms in total. The number of halogens is 2. The maximum atomic E-state index is 13.7. The van der Waals surface area contributed by atoms with Gasteiger partial charge in [-0.05, 0) is 31.5 Å². The predicted molar refractivity (Wildman–Crippen MR) is 103 cm³/mol. The number of nitriles is 1. The highest BCUT2D eigenvalue weighted by atomic mass is 127. The molecule has 1 aromatic carbocycles. The minimum Gasteiger partial charge on any atom is -0.354 e. The topological polar surface area (TPSA) is 60.2 Å². The quantitative estimate of drug-likeness (QED) is 0.297. The standard InChI is InChI=1S/C17H25FN4.HI/c1-4-5-6-7-13(2)22-17(20-3)21-12-15-10-14(11-19)8-9-16(15)18;/h8-10,13H,4-7,12H2,1-3H3,(H2,20,21,22);1H. The molecule has 1 aromatic rings. The molecule has 0 aliphatic rings. The van der Waals surface area contributed by atoms with Crippen molar-refractivity contribution in [2.75, 3.05) is 7.05 Å². The van der Waals surface area contributed by atoms with Gasteiger partial charge in [0.25, 0.3) is 0 Å². The molecule has 2 N–H and O–H groups in total. The van der Waals surface area contributed by atoms with E-state index in [0.29, 0.717) is 29.7 Å². The lowest BCUT2D eigenvalue weighted by molar-refractivity contribution is 0.545. The van der Waals surface area contributed by atoms with Crippen molar-refractivity contribution in [1.82, 2.24) is 10.6 Å². The van der Waals surface area contributed by atoms with E-state index in [0.717, 1.165) is 6.42 Å². The second-order valence-electron chi connectivity index (χ2n) is 5.38. The number of unbranched alkanes of at least 4 members (excludes halogenated alkanes) is 2. The third kappa shape index (κ3) is 8.16. The zero-order chi connectivity index (χ0) is 16.4. The van der Waals surface area contributed by atoms with Crippen LogP contribution in [0.25, 0.3) is 0 Å². The minimum atomic E-state index is -0.321. The Bertz CT molecular complexity index is 540. The van der Waals surface area contributed by atoms with Crippen molar-refractivity contribution in [1.29, 1.82) is 5.26 Å². The lowest BCUT2D eigenvalue weighted by Gasteiger charge is -2.18. The molecule has 0 aromatic heterocycles. The molecule has 0 aliphatic heterocycles. The fourth-order valence-electron chi connectivity index (χ4n) is 2.16. The summed E-state index contributed by atoms with van der Waals surface area (Å²) in [6, 6.07) is 6.68. The second-order valence-corrected chi connectivity index (χ2v) is 5.38. The smallest absolute Gasteiger partial charge is 0.191 e. The van der Waals surface area contributed by atoms with Gasteiger partial charge in [0.15, 0.2) is 5.96 Å². The van der Waals surface area contributed by atoms with Crippen molar-refractivity contribution in [3.05, 3.63) is 35.1 Å². The number of nitrogens with zero attached hydrogens (tertiary/aromatic N) is 2. The molecule has 0 radical (unpaired) electrons. The molecule has 23 heavy (non-hydrogen) atoms. The van der Waals surface area contributed by atoms with E-state index in [2.05, 4.69) is 29.5 Å². The summed E-state index contributed by atoms with van der Waals surface area (Å²) in [5.41, 5.74) is 0.912. The zero-order valence-electron chi connectivity index (χ0n) is 14.0. The number of hydrogen-bond donors (Lipinski definition) is 2. The van der Waals surface area contributed by atoms with Gasteiger partial charge >= 0.3 is 0 Å². The second kappa shape index (κ2) is 12.1. The highest BCUT2D eigenvalue weighted by molar-refractivity contribution is 14.0. The molecule has 6 heteroatoms. The molecule has 0 bridgehead atoms. The molecule has 0 amide bonds. The number of aliphatic imine (C=N–C) groups is 1. The first-order chi connectivity index (χ1) is 10.6. The fourth-order valence-corrected chi connectivity index (χ4v) is 2.16. The summed E-state index contributed by atoms with van der Waals surface area (Å²) in [5, 5.41) is 15.3. The van der Waals surface area contributed by atoms with Crippen molar-refractivity contribution in [2.45, 2.75) is 52.1 Å². The first-order valence-corrected chi connectivity index (χ1v) is 7.76. The Morgan fingerprint density at radius 2 is 2.13 bits per heavy atom. The van der Waals surface area contributed by atoms with E-state index in [1.54, 1.807) is 13.1 Å². The highest BCUT2D eigenvalue weighted by Crippen LogP contribution is 2.10. The molecule has 0 heterocycles. The number of guanidine groups is 1. The van der Waals surface area contributed by atoms with Gasteiger partial charge in [-0.2, -0.15) is 5.26 Å². The summed E-state index contributed by atoms with van der Waals surface area (Å²) in [6.45, 7) is 4.59. The van der Waals surface area contributed by atoms with Gasteiger partial charge in [-0.25, -0.2) is 4.39 Å². The van der Waals surface area contributed by atoms with E-state index in [1.807, 2.05) is 6.07 Å². The number of hydrogen-bond acceptors (Lipinski definition) is 2. The highest BCUT2D eigenvalue weighted by Gasteiger charge is 2.07. The average molecular weight is 432 g/mol. The average Bonchev–Trinajstić information content (AvgIpc) is 2.53. The van der Waals surface area contributed by atoms with Gasteiger partial charge < -0.3 is 10.6 Å². The summed E-state index contributed by atoms with van der Waals surface area (Å²) < 4.78 is 13.7. The molecule has 0 fully saturated rings. The van der Waals surface area contributed by atoms with Crippen LogP contribution in [-0.2, 0) is 6.54 Å². The number of benzene rings is 1. The van der Waals surface area contributed by atoms with Crippen LogP contribution >= 0.6 is 24.0 Å². The Morgan fingerprint density at radius 3 is 2.74 bits per heavy atom. The molecular weight excluding hydrogens is 406 g/mol. The molecule has 1 rings (SSSR count). The van der Waals surface area contributed by atoms with Gasteiger partial charge in [-0.15, -0.1) is 24.0 Å². The van der Waals surface area contributed by atoms with Crippen molar-refractivity contribution >= 4 is 29.9 Å². The van der Waals surface area contributed by atoms with E-state index in [-0.39, 0.29) is 29.8 Å². The van der Waals surface area contributed by atoms with Crippen molar-refractivity contribution < 1.29 is 4.39 Å². The van der Waals surface area contributed by atoms with Crippen molar-refractivity contribution in [3.63, 3.8) is 0 Å². The van der Waals surface area contributed by atoms with Gasteiger partial charge in [0, 0.05) is 25.2 Å². The van der Waals surface area contributed by atoms with Crippen LogP contribution in [0.4, 0.5) is 4.39 Å². The maximum absolute atomic E-state index is 13.7. The van der Waals surface area contributed by atoms with E-state index in [4.69, 9.17) is 5.26 Å². The Balaban J connectivity index is 0.00000484. The lowest BCUT2D eigenvalue weighted by Crippen LogP contribution is -2.41. The molecule has 0 saturated heterocycles. The van der Waals surface area contributed by atoms with Crippen LogP contribution in [0.3, 0.4) is 0 Å². The van der Waals surface area contributed by atoms with E-state index in [1.165, 1.54) is 31.4 Å². The van der Waals surface area contributed by atoms with Crippen molar-refractivity contribution in [3.8, 4) is 6.07 Å². The summed E-state index contributed by atoms with van der Waals surface area (Å²) in [6.07, 6.45) is 4.69. The summed E-state index contributed by atoms with van der Waals surface area (Å²) >= 11 is 0. The SMILES string of the molecule is CCCCCC(C)NC(=NC)NCc1cc(C#N)ccc1F.I. The van der Waals surface area contributed by atoms with Gasteiger partial charge in [0.1, 0.15) is 5.82 Å². The Morgan fingerprint density at radius 1 is 1.39 bits per heavy atom.